The van der Waals surface area contributed by atoms with Crippen LogP contribution >= 0.6 is 0 Å². The smallest absolute Gasteiger partial charge is 0.277 e. The third-order valence-electron chi connectivity index (χ3n) is 7.30. The van der Waals surface area contributed by atoms with E-state index in [0.29, 0.717) is 49.5 Å². The molecule has 0 spiro atoms. The minimum atomic E-state index is -0.653. The third kappa shape index (κ3) is 3.54. The van der Waals surface area contributed by atoms with Crippen molar-refractivity contribution in [3.8, 4) is 11.4 Å². The molecule has 3 amide bonds. The molecule has 2 N–H and O–H groups in total. The van der Waals surface area contributed by atoms with Crippen LogP contribution in [0, 0.1) is 0 Å². The van der Waals surface area contributed by atoms with E-state index in [-0.39, 0.29) is 23.4 Å². The summed E-state index contributed by atoms with van der Waals surface area (Å²) >= 11 is 0. The maximum atomic E-state index is 13.8. The Balaban J connectivity index is 1.36. The molecule has 36 heavy (non-hydrogen) atoms. The van der Waals surface area contributed by atoms with Gasteiger partial charge < -0.3 is 20.3 Å². The van der Waals surface area contributed by atoms with Crippen molar-refractivity contribution in [2.24, 2.45) is 5.73 Å². The topological polar surface area (TPSA) is 111 Å². The second kappa shape index (κ2) is 8.51. The highest BCUT2D eigenvalue weighted by Gasteiger charge is 2.35. The highest BCUT2D eigenvalue weighted by molar-refractivity contribution is 6.09. The molecule has 9 heteroatoms. The average molecular weight is 486 g/mol. The molecule has 3 aliphatic heterocycles. The molecule has 4 heterocycles. The zero-order valence-corrected chi connectivity index (χ0v) is 20.1. The maximum Gasteiger partial charge on any atom is 0.277 e. The van der Waals surface area contributed by atoms with E-state index >= 15 is 0 Å². The van der Waals surface area contributed by atoms with Gasteiger partial charge in [0.05, 0.1) is 12.3 Å². The number of amides is 3. The Morgan fingerprint density at radius 2 is 1.69 bits per heavy atom. The number of rotatable bonds is 4. The van der Waals surface area contributed by atoms with Gasteiger partial charge in [-0.15, -0.1) is 0 Å². The molecule has 1 fully saturated rings. The molecule has 9 nitrogen and oxygen atoms in total. The minimum absolute atomic E-state index is 0.127. The largest absolute Gasteiger partial charge is 0.493 e. The molecule has 1 saturated heterocycles. The summed E-state index contributed by atoms with van der Waals surface area (Å²) in [6.07, 6.45) is 2.93. The Morgan fingerprint density at radius 1 is 0.972 bits per heavy atom. The van der Waals surface area contributed by atoms with Gasteiger partial charge in [0, 0.05) is 47.9 Å². The van der Waals surface area contributed by atoms with Crippen LogP contribution in [-0.4, -0.2) is 47.2 Å². The van der Waals surface area contributed by atoms with Gasteiger partial charge in [-0.05, 0) is 61.7 Å². The molecule has 0 bridgehead atoms. The normalized spacial score (nSPS) is 19.2. The maximum absolute atomic E-state index is 13.8. The summed E-state index contributed by atoms with van der Waals surface area (Å²) in [7, 11) is 0. The monoisotopic (exact) mass is 485 g/mol. The van der Waals surface area contributed by atoms with Crippen molar-refractivity contribution in [2.75, 3.05) is 29.5 Å². The number of ether oxygens (including phenoxy) is 1. The van der Waals surface area contributed by atoms with Crippen molar-refractivity contribution in [2.45, 2.75) is 38.5 Å². The molecule has 0 radical (unpaired) electrons. The average Bonchev–Trinajstić information content (AvgIpc) is 3.46. The van der Waals surface area contributed by atoms with Crippen LogP contribution in [0.3, 0.4) is 0 Å². The number of carbonyl (C=O) groups is 3. The summed E-state index contributed by atoms with van der Waals surface area (Å²) in [6, 6.07) is 13.2. The van der Waals surface area contributed by atoms with E-state index in [1.165, 1.54) is 4.68 Å². The predicted molar refractivity (Wildman–Crippen MR) is 134 cm³/mol. The number of carbonyl (C=O) groups excluding carboxylic acids is 3. The lowest BCUT2D eigenvalue weighted by atomic mass is 10.0. The SMILES string of the molecule is CC1COc2ccc(-n3nc(C(N)=O)c4c3C(=O)N(c3ccc(N5CCCCC5=O)cc3)CC4)cc21. The highest BCUT2D eigenvalue weighted by Crippen LogP contribution is 2.36. The number of benzene rings is 2. The zero-order valence-electron chi connectivity index (χ0n) is 20.1. The summed E-state index contributed by atoms with van der Waals surface area (Å²) < 4.78 is 7.25. The second-order valence-corrected chi connectivity index (χ2v) is 9.61. The van der Waals surface area contributed by atoms with Crippen molar-refractivity contribution in [3.63, 3.8) is 0 Å². The molecule has 0 aliphatic carbocycles. The predicted octanol–water partition coefficient (Wildman–Crippen LogP) is 3.19. The van der Waals surface area contributed by atoms with Gasteiger partial charge in [-0.25, -0.2) is 4.68 Å². The molecule has 0 saturated carbocycles. The van der Waals surface area contributed by atoms with Gasteiger partial charge in [-0.3, -0.25) is 14.4 Å². The third-order valence-corrected chi connectivity index (χ3v) is 7.30. The van der Waals surface area contributed by atoms with Crippen molar-refractivity contribution in [3.05, 3.63) is 65.0 Å². The first-order valence-electron chi connectivity index (χ1n) is 12.3. The van der Waals surface area contributed by atoms with E-state index in [1.807, 2.05) is 42.5 Å². The summed E-state index contributed by atoms with van der Waals surface area (Å²) in [5, 5.41) is 4.48. The van der Waals surface area contributed by atoms with Gasteiger partial charge in [0.25, 0.3) is 11.8 Å². The van der Waals surface area contributed by atoms with Crippen molar-refractivity contribution in [1.82, 2.24) is 9.78 Å². The van der Waals surface area contributed by atoms with Gasteiger partial charge in [0.15, 0.2) is 5.69 Å². The number of nitrogens with zero attached hydrogens (tertiary/aromatic N) is 4. The standard InChI is InChI=1S/C27H27N5O4/c1-16-15-36-22-10-9-19(14-21(16)22)32-25-20(24(29-32)26(28)34)11-13-31(27(25)35)18-7-5-17(6-8-18)30-12-3-2-4-23(30)33/h5-10,14,16H,2-4,11-13,15H2,1H3,(H2,28,34). The zero-order chi connectivity index (χ0) is 25.0. The molecule has 3 aliphatic rings. The van der Waals surface area contributed by atoms with E-state index in [2.05, 4.69) is 12.0 Å². The first-order valence-corrected chi connectivity index (χ1v) is 12.3. The van der Waals surface area contributed by atoms with E-state index < -0.39 is 5.91 Å². The number of piperidine rings is 1. The number of fused-ring (bicyclic) bond motifs is 2. The number of aromatic nitrogens is 2. The fraction of sp³-hybridized carbons (Fsp3) is 0.333. The number of anilines is 2. The summed E-state index contributed by atoms with van der Waals surface area (Å²) in [5.41, 5.74) is 9.97. The molecule has 3 aromatic rings. The number of hydrogen-bond acceptors (Lipinski definition) is 5. The molecule has 2 aromatic carbocycles. The molecular formula is C27H27N5O4. The van der Waals surface area contributed by atoms with Gasteiger partial charge in [0.1, 0.15) is 11.4 Å². The molecule has 1 unspecified atom stereocenters. The van der Waals surface area contributed by atoms with Gasteiger partial charge in [-0.2, -0.15) is 5.10 Å². The Labute approximate surface area is 208 Å². The van der Waals surface area contributed by atoms with Crippen molar-refractivity contribution in [1.29, 1.82) is 0 Å². The molecule has 1 aromatic heterocycles. The summed E-state index contributed by atoms with van der Waals surface area (Å²) in [5.74, 6) is 0.272. The molecular weight excluding hydrogens is 458 g/mol. The molecule has 184 valence electrons. The van der Waals surface area contributed by atoms with Crippen LogP contribution in [0.25, 0.3) is 5.69 Å². The lowest BCUT2D eigenvalue weighted by molar-refractivity contribution is -0.119. The second-order valence-electron chi connectivity index (χ2n) is 9.61. The van der Waals surface area contributed by atoms with E-state index in [1.54, 1.807) is 9.80 Å². The first-order chi connectivity index (χ1) is 17.4. The summed E-state index contributed by atoms with van der Waals surface area (Å²) in [6.45, 7) is 3.80. The molecule has 1 atom stereocenters. The fourth-order valence-electron chi connectivity index (χ4n) is 5.37. The Bertz CT molecular complexity index is 1390. The number of hydrogen-bond donors (Lipinski definition) is 1. The van der Waals surface area contributed by atoms with Crippen LogP contribution in [0.1, 0.15) is 64.2 Å². The quantitative estimate of drug-likeness (QED) is 0.610. The van der Waals surface area contributed by atoms with Crippen LogP contribution in [0.2, 0.25) is 0 Å². The van der Waals surface area contributed by atoms with Crippen LogP contribution in [0.5, 0.6) is 5.75 Å². The lowest BCUT2D eigenvalue weighted by Crippen LogP contribution is -2.39. The van der Waals surface area contributed by atoms with E-state index in [4.69, 9.17) is 10.5 Å². The fourth-order valence-corrected chi connectivity index (χ4v) is 5.37. The Kier molecular flexibility index (Phi) is 5.28. The van der Waals surface area contributed by atoms with Gasteiger partial charge in [0.2, 0.25) is 5.91 Å². The van der Waals surface area contributed by atoms with Crippen LogP contribution < -0.4 is 20.3 Å². The van der Waals surface area contributed by atoms with Crippen molar-refractivity contribution < 1.29 is 19.1 Å². The van der Waals surface area contributed by atoms with Crippen LogP contribution in [-0.2, 0) is 11.2 Å². The van der Waals surface area contributed by atoms with Gasteiger partial charge >= 0.3 is 0 Å². The van der Waals surface area contributed by atoms with E-state index in [0.717, 1.165) is 35.5 Å². The Morgan fingerprint density at radius 3 is 2.42 bits per heavy atom. The molecule has 6 rings (SSSR count). The van der Waals surface area contributed by atoms with E-state index in [9.17, 15) is 14.4 Å². The van der Waals surface area contributed by atoms with Crippen molar-refractivity contribution >= 4 is 29.1 Å². The number of nitrogens with two attached hydrogens (primary N) is 1. The van der Waals surface area contributed by atoms with Crippen LogP contribution in [0.15, 0.2) is 42.5 Å². The lowest BCUT2D eigenvalue weighted by Gasteiger charge is -2.29. The van der Waals surface area contributed by atoms with Gasteiger partial charge in [-0.1, -0.05) is 6.92 Å². The minimum Gasteiger partial charge on any atom is -0.493 e. The number of primary amides is 1. The Hall–Kier alpha value is -4.14. The summed E-state index contributed by atoms with van der Waals surface area (Å²) in [4.78, 5) is 41.8. The first kappa shape index (κ1) is 22.3. The van der Waals surface area contributed by atoms with Crippen LogP contribution in [0.4, 0.5) is 11.4 Å². The highest BCUT2D eigenvalue weighted by atomic mass is 16.5.